The molecule has 1 aromatic carbocycles. The first-order valence-electron chi connectivity index (χ1n) is 13.0. The third kappa shape index (κ3) is 5.82. The van der Waals surface area contributed by atoms with Gasteiger partial charge in [0.05, 0.1) is 18.7 Å². The van der Waals surface area contributed by atoms with E-state index >= 15 is 0 Å². The highest BCUT2D eigenvalue weighted by Crippen LogP contribution is 2.24. The smallest absolute Gasteiger partial charge is 0.257 e. The van der Waals surface area contributed by atoms with Crippen LogP contribution in [-0.4, -0.2) is 87.1 Å². The number of benzene rings is 1. The standard InChI is InChI=1S/C28H34N6O2/c35-26(32-13-6-1-2-7-14-32)22-31-15-17-33(18-16-31)28(36)25-21-34(20-23-9-4-3-5-10-23)30-27(25)24-11-8-12-29-19-24/h3-5,8-12,19,21H,1-2,6-7,13-18,20,22H2. The summed E-state index contributed by atoms with van der Waals surface area (Å²) in [4.78, 5) is 36.7. The van der Waals surface area contributed by atoms with E-state index in [1.54, 1.807) is 12.4 Å². The maximum atomic E-state index is 13.6. The lowest BCUT2D eigenvalue weighted by Gasteiger charge is -2.35. The maximum Gasteiger partial charge on any atom is 0.257 e. The molecule has 0 aliphatic carbocycles. The number of piperazine rings is 1. The van der Waals surface area contributed by atoms with Crippen LogP contribution in [0.4, 0.5) is 0 Å². The Kier molecular flexibility index (Phi) is 7.71. The van der Waals surface area contributed by atoms with Crippen LogP contribution in [0.2, 0.25) is 0 Å². The Bertz CT molecular complexity index is 1150. The summed E-state index contributed by atoms with van der Waals surface area (Å²) < 4.78 is 1.83. The SMILES string of the molecule is O=C(CN1CCN(C(=O)c2cn(Cc3ccccc3)nc2-c2cccnc2)CC1)N1CCCCCC1. The molecule has 0 N–H and O–H groups in total. The van der Waals surface area contributed by atoms with Crippen LogP contribution in [0, 0.1) is 0 Å². The van der Waals surface area contributed by atoms with Gasteiger partial charge in [0.15, 0.2) is 0 Å². The average Bonchev–Trinajstić information content (AvgIpc) is 3.14. The zero-order valence-electron chi connectivity index (χ0n) is 20.8. The molecular formula is C28H34N6O2. The van der Waals surface area contributed by atoms with Gasteiger partial charge in [0.25, 0.3) is 5.91 Å². The molecule has 2 saturated heterocycles. The minimum absolute atomic E-state index is 0.0216. The molecule has 4 heterocycles. The summed E-state index contributed by atoms with van der Waals surface area (Å²) in [6, 6.07) is 13.9. The van der Waals surface area contributed by atoms with E-state index in [1.165, 1.54) is 12.8 Å². The van der Waals surface area contributed by atoms with Crippen molar-refractivity contribution in [1.29, 1.82) is 0 Å². The number of hydrogen-bond donors (Lipinski definition) is 0. The molecule has 8 nitrogen and oxygen atoms in total. The van der Waals surface area contributed by atoms with Gasteiger partial charge >= 0.3 is 0 Å². The van der Waals surface area contributed by atoms with Gasteiger partial charge in [-0.15, -0.1) is 0 Å². The molecule has 0 unspecified atom stereocenters. The van der Waals surface area contributed by atoms with Crippen LogP contribution in [-0.2, 0) is 11.3 Å². The number of hydrogen-bond acceptors (Lipinski definition) is 5. The molecule has 0 atom stereocenters. The fraction of sp³-hybridized carbons (Fsp3) is 0.429. The van der Waals surface area contributed by atoms with Crippen LogP contribution >= 0.6 is 0 Å². The first-order valence-corrected chi connectivity index (χ1v) is 13.0. The minimum atomic E-state index is -0.0216. The molecule has 0 spiro atoms. The largest absolute Gasteiger partial charge is 0.342 e. The van der Waals surface area contributed by atoms with E-state index in [-0.39, 0.29) is 11.8 Å². The van der Waals surface area contributed by atoms with Crippen molar-refractivity contribution in [2.45, 2.75) is 32.2 Å². The molecule has 2 amide bonds. The number of aromatic nitrogens is 3. The lowest BCUT2D eigenvalue weighted by atomic mass is 10.1. The van der Waals surface area contributed by atoms with Crippen LogP contribution in [0.1, 0.15) is 41.6 Å². The Labute approximate surface area is 212 Å². The van der Waals surface area contributed by atoms with Crippen LogP contribution in [0.25, 0.3) is 11.3 Å². The monoisotopic (exact) mass is 486 g/mol. The van der Waals surface area contributed by atoms with Gasteiger partial charge in [-0.25, -0.2) is 0 Å². The van der Waals surface area contributed by atoms with Crippen LogP contribution in [0.3, 0.4) is 0 Å². The number of amides is 2. The van der Waals surface area contributed by atoms with Gasteiger partial charge in [-0.3, -0.25) is 24.2 Å². The van der Waals surface area contributed by atoms with Crippen LogP contribution < -0.4 is 0 Å². The summed E-state index contributed by atoms with van der Waals surface area (Å²) in [7, 11) is 0. The second-order valence-electron chi connectivity index (χ2n) is 9.68. The van der Waals surface area contributed by atoms with Crippen molar-refractivity contribution in [2.75, 3.05) is 45.8 Å². The van der Waals surface area contributed by atoms with Crippen molar-refractivity contribution in [3.63, 3.8) is 0 Å². The molecule has 2 aliphatic rings. The highest BCUT2D eigenvalue weighted by molar-refractivity contribution is 5.99. The van der Waals surface area contributed by atoms with E-state index in [9.17, 15) is 9.59 Å². The Morgan fingerprint density at radius 1 is 0.806 bits per heavy atom. The van der Waals surface area contributed by atoms with Gasteiger partial charge in [0.1, 0.15) is 5.69 Å². The number of carbonyl (C=O) groups excluding carboxylic acids is 2. The summed E-state index contributed by atoms with van der Waals surface area (Å²) in [6.45, 7) is 5.39. The van der Waals surface area contributed by atoms with E-state index in [1.807, 2.05) is 51.0 Å². The molecule has 3 aromatic rings. The van der Waals surface area contributed by atoms with E-state index in [0.717, 1.165) is 37.1 Å². The predicted octanol–water partition coefficient (Wildman–Crippen LogP) is 3.15. The fourth-order valence-electron chi connectivity index (χ4n) is 5.04. The number of rotatable bonds is 6. The van der Waals surface area contributed by atoms with E-state index in [2.05, 4.69) is 22.0 Å². The Balaban J connectivity index is 1.26. The molecular weight excluding hydrogens is 452 g/mol. The second-order valence-corrected chi connectivity index (χ2v) is 9.68. The zero-order chi connectivity index (χ0) is 24.7. The first kappa shape index (κ1) is 24.2. The fourth-order valence-corrected chi connectivity index (χ4v) is 5.04. The molecule has 0 bridgehead atoms. The maximum absolute atomic E-state index is 13.6. The molecule has 5 rings (SSSR count). The molecule has 8 heteroatoms. The van der Waals surface area contributed by atoms with Crippen LogP contribution in [0.15, 0.2) is 61.1 Å². The number of pyridine rings is 1. The predicted molar refractivity (Wildman–Crippen MR) is 138 cm³/mol. The quantitative estimate of drug-likeness (QED) is 0.535. The van der Waals surface area contributed by atoms with Crippen molar-refractivity contribution in [2.24, 2.45) is 0 Å². The van der Waals surface area contributed by atoms with E-state index in [0.29, 0.717) is 50.5 Å². The van der Waals surface area contributed by atoms with Gasteiger partial charge in [-0.2, -0.15) is 5.10 Å². The molecule has 0 radical (unpaired) electrons. The summed E-state index contributed by atoms with van der Waals surface area (Å²) in [5.41, 5.74) is 3.20. The number of nitrogens with zero attached hydrogens (tertiary/aromatic N) is 6. The van der Waals surface area contributed by atoms with Gasteiger partial charge in [0.2, 0.25) is 5.91 Å². The first-order chi connectivity index (χ1) is 17.7. The highest BCUT2D eigenvalue weighted by atomic mass is 16.2. The topological polar surface area (TPSA) is 74.6 Å². The van der Waals surface area contributed by atoms with Crippen LogP contribution in [0.5, 0.6) is 0 Å². The minimum Gasteiger partial charge on any atom is -0.342 e. The Morgan fingerprint density at radius 3 is 2.25 bits per heavy atom. The van der Waals surface area contributed by atoms with E-state index < -0.39 is 0 Å². The third-order valence-electron chi connectivity index (χ3n) is 7.09. The van der Waals surface area contributed by atoms with Crippen molar-refractivity contribution in [3.05, 3.63) is 72.2 Å². The summed E-state index contributed by atoms with van der Waals surface area (Å²) >= 11 is 0. The van der Waals surface area contributed by atoms with Crippen molar-refractivity contribution >= 4 is 11.8 Å². The van der Waals surface area contributed by atoms with Gasteiger partial charge in [0, 0.05) is 63.4 Å². The third-order valence-corrected chi connectivity index (χ3v) is 7.09. The molecule has 2 aliphatic heterocycles. The molecule has 188 valence electrons. The number of likely N-dealkylation sites (tertiary alicyclic amines) is 1. The van der Waals surface area contributed by atoms with E-state index in [4.69, 9.17) is 5.10 Å². The van der Waals surface area contributed by atoms with Gasteiger partial charge < -0.3 is 9.80 Å². The van der Waals surface area contributed by atoms with Crippen molar-refractivity contribution < 1.29 is 9.59 Å². The lowest BCUT2D eigenvalue weighted by Crippen LogP contribution is -2.51. The molecule has 2 fully saturated rings. The number of carbonyl (C=O) groups is 2. The molecule has 0 saturated carbocycles. The lowest BCUT2D eigenvalue weighted by molar-refractivity contribution is -0.132. The zero-order valence-corrected chi connectivity index (χ0v) is 20.8. The summed E-state index contributed by atoms with van der Waals surface area (Å²) in [5.74, 6) is 0.199. The molecule has 2 aromatic heterocycles. The van der Waals surface area contributed by atoms with Crippen molar-refractivity contribution in [1.82, 2.24) is 29.5 Å². The summed E-state index contributed by atoms with van der Waals surface area (Å²) in [5, 5.41) is 4.77. The normalized spacial score (nSPS) is 17.1. The Morgan fingerprint density at radius 2 is 1.56 bits per heavy atom. The summed E-state index contributed by atoms with van der Waals surface area (Å²) in [6.07, 6.45) is 9.96. The Hall–Kier alpha value is -3.52. The highest BCUT2D eigenvalue weighted by Gasteiger charge is 2.28. The molecule has 36 heavy (non-hydrogen) atoms. The van der Waals surface area contributed by atoms with Crippen molar-refractivity contribution in [3.8, 4) is 11.3 Å². The average molecular weight is 487 g/mol. The second kappa shape index (κ2) is 11.5. The van der Waals surface area contributed by atoms with Gasteiger partial charge in [-0.1, -0.05) is 43.2 Å². The van der Waals surface area contributed by atoms with Gasteiger partial charge in [-0.05, 0) is 30.5 Å².